The van der Waals surface area contributed by atoms with Crippen LogP contribution in [0.5, 0.6) is 0 Å². The Morgan fingerprint density at radius 3 is 1.24 bits per heavy atom. The highest BCUT2D eigenvalue weighted by Crippen LogP contribution is 2.36. The largest absolute Gasteiger partial charge is 0.0845 e. The number of hydrogen-bond donors (Lipinski definition) is 0. The first kappa shape index (κ1) is 17.5. The summed E-state index contributed by atoms with van der Waals surface area (Å²) in [6.07, 6.45) is 23.7. The van der Waals surface area contributed by atoms with Crippen molar-refractivity contribution in [1.82, 2.24) is 0 Å². The van der Waals surface area contributed by atoms with Gasteiger partial charge in [0, 0.05) is 0 Å². The van der Waals surface area contributed by atoms with Crippen LogP contribution in [0.25, 0.3) is 0 Å². The molecule has 0 nitrogen and oxygen atoms in total. The van der Waals surface area contributed by atoms with Gasteiger partial charge in [-0.2, -0.15) is 0 Å². The van der Waals surface area contributed by atoms with Crippen LogP contribution in [-0.4, -0.2) is 0 Å². The monoisotopic (exact) mass is 282 g/mol. The normalized spacial score (nSPS) is 17.0. The van der Waals surface area contributed by atoms with E-state index in [0.717, 1.165) is 32.1 Å². The van der Waals surface area contributed by atoms with E-state index in [0.29, 0.717) is 0 Å². The van der Waals surface area contributed by atoms with E-state index in [1.165, 1.54) is 22.3 Å². The zero-order chi connectivity index (χ0) is 15.5. The third kappa shape index (κ3) is 5.38. The second kappa shape index (κ2) is 10.2. The van der Waals surface area contributed by atoms with Gasteiger partial charge in [-0.1, -0.05) is 76.3 Å². The maximum atomic E-state index is 2.31. The number of hydrogen-bond acceptors (Lipinski definition) is 0. The molecule has 1 aliphatic rings. The van der Waals surface area contributed by atoms with Crippen molar-refractivity contribution in [1.29, 1.82) is 0 Å². The van der Waals surface area contributed by atoms with Crippen LogP contribution in [0.2, 0.25) is 0 Å². The van der Waals surface area contributed by atoms with Gasteiger partial charge in [0.2, 0.25) is 0 Å². The molecule has 1 rings (SSSR count). The van der Waals surface area contributed by atoms with E-state index in [-0.39, 0.29) is 0 Å². The summed E-state index contributed by atoms with van der Waals surface area (Å²) in [7, 11) is 0. The van der Waals surface area contributed by atoms with E-state index in [1.807, 2.05) is 0 Å². The highest BCUT2D eigenvalue weighted by molar-refractivity contribution is 5.62. The smallest absolute Gasteiger partial charge is 0.00137 e. The van der Waals surface area contributed by atoms with Gasteiger partial charge in [-0.3, -0.25) is 0 Å². The Balaban J connectivity index is 3.24. The Morgan fingerprint density at radius 2 is 0.905 bits per heavy atom. The topological polar surface area (TPSA) is 0 Å². The number of rotatable bonds is 8. The number of allylic oxidation sites excluding steroid dienone is 12. The fraction of sp³-hybridized carbons (Fsp3) is 0.429. The predicted molar refractivity (Wildman–Crippen MR) is 96.4 cm³/mol. The molecule has 21 heavy (non-hydrogen) atoms. The average molecular weight is 282 g/mol. The minimum Gasteiger partial charge on any atom is -0.0845 e. The quantitative estimate of drug-likeness (QED) is 0.456. The molecule has 114 valence electrons. The molecule has 0 bridgehead atoms. The molecule has 0 saturated heterocycles. The molecule has 0 atom stereocenters. The van der Waals surface area contributed by atoms with Crippen LogP contribution >= 0.6 is 0 Å². The average Bonchev–Trinajstić information content (AvgIpc) is 2.83. The van der Waals surface area contributed by atoms with Gasteiger partial charge in [-0.05, 0) is 54.4 Å². The summed E-state index contributed by atoms with van der Waals surface area (Å²) in [4.78, 5) is 0. The van der Waals surface area contributed by atoms with Crippen molar-refractivity contribution < 1.29 is 0 Å². The molecule has 0 unspecified atom stereocenters. The zero-order valence-electron chi connectivity index (χ0n) is 14.2. The summed E-state index contributed by atoms with van der Waals surface area (Å²) in [6.45, 7) is 8.76. The minimum atomic E-state index is 1.06. The lowest BCUT2D eigenvalue weighted by atomic mass is 10.0. The minimum absolute atomic E-state index is 1.06. The lowest BCUT2D eigenvalue weighted by Crippen LogP contribution is -1.83. The maximum absolute atomic E-state index is 2.31. The fourth-order valence-electron chi connectivity index (χ4n) is 2.42. The van der Waals surface area contributed by atoms with Crippen LogP contribution in [0.1, 0.15) is 59.8 Å². The van der Waals surface area contributed by atoms with Crippen LogP contribution in [0.4, 0.5) is 0 Å². The van der Waals surface area contributed by atoms with Crippen molar-refractivity contribution in [2.24, 2.45) is 0 Å². The van der Waals surface area contributed by atoms with Crippen molar-refractivity contribution in [2.45, 2.75) is 59.8 Å². The van der Waals surface area contributed by atoms with E-state index >= 15 is 0 Å². The summed E-state index contributed by atoms with van der Waals surface area (Å²) in [5.41, 5.74) is 5.71. The summed E-state index contributed by atoms with van der Waals surface area (Å²) < 4.78 is 0. The van der Waals surface area contributed by atoms with Crippen molar-refractivity contribution in [3.63, 3.8) is 0 Å². The first-order valence-corrected chi connectivity index (χ1v) is 8.41. The van der Waals surface area contributed by atoms with E-state index < -0.39 is 0 Å². The molecule has 0 aliphatic heterocycles. The predicted octanol–water partition coefficient (Wildman–Crippen LogP) is 6.85. The van der Waals surface area contributed by atoms with Crippen molar-refractivity contribution >= 4 is 0 Å². The Labute approximate surface area is 131 Å². The molecule has 0 fully saturated rings. The standard InChI is InChI=1S/C21H30/c1-5-9-13-18-17-19(14-10-6-2)21(16-12-8-4)20(18)15-11-7-3/h9-16H,5-8,17H2,1-4H3. The molecule has 0 aromatic rings. The highest BCUT2D eigenvalue weighted by atomic mass is 14.2. The molecule has 0 aromatic heterocycles. The summed E-state index contributed by atoms with van der Waals surface area (Å²) in [5, 5.41) is 0. The SMILES string of the molecule is CCC=CC1=C(C=CCC)C(C=CCC)=C(C=CCC)C1. The summed E-state index contributed by atoms with van der Waals surface area (Å²) in [6, 6.07) is 0. The first-order valence-electron chi connectivity index (χ1n) is 8.41. The van der Waals surface area contributed by atoms with Gasteiger partial charge in [-0.15, -0.1) is 0 Å². The van der Waals surface area contributed by atoms with Crippen LogP contribution in [0.3, 0.4) is 0 Å². The highest BCUT2D eigenvalue weighted by Gasteiger charge is 2.17. The molecule has 0 heterocycles. The molecule has 0 saturated carbocycles. The first-order chi connectivity index (χ1) is 10.3. The Bertz CT molecular complexity index is 444. The van der Waals surface area contributed by atoms with E-state index in [2.05, 4.69) is 76.3 Å². The summed E-state index contributed by atoms with van der Waals surface area (Å²) >= 11 is 0. The molecule has 0 aromatic carbocycles. The van der Waals surface area contributed by atoms with E-state index in [4.69, 9.17) is 0 Å². The second-order valence-electron chi connectivity index (χ2n) is 5.30. The van der Waals surface area contributed by atoms with Crippen LogP contribution in [-0.2, 0) is 0 Å². The Morgan fingerprint density at radius 1 is 0.571 bits per heavy atom. The van der Waals surface area contributed by atoms with Crippen molar-refractivity contribution in [2.75, 3.05) is 0 Å². The summed E-state index contributed by atoms with van der Waals surface area (Å²) in [5.74, 6) is 0. The molecule has 0 spiro atoms. The Hall–Kier alpha value is -1.56. The van der Waals surface area contributed by atoms with Gasteiger partial charge in [0.25, 0.3) is 0 Å². The van der Waals surface area contributed by atoms with Crippen LogP contribution < -0.4 is 0 Å². The van der Waals surface area contributed by atoms with Gasteiger partial charge in [0.15, 0.2) is 0 Å². The lowest BCUT2D eigenvalue weighted by Gasteiger charge is -2.02. The van der Waals surface area contributed by atoms with Crippen molar-refractivity contribution in [3.8, 4) is 0 Å². The molecule has 0 heteroatoms. The zero-order valence-corrected chi connectivity index (χ0v) is 14.2. The molecule has 0 amide bonds. The van der Waals surface area contributed by atoms with Gasteiger partial charge in [-0.25, -0.2) is 0 Å². The van der Waals surface area contributed by atoms with Crippen molar-refractivity contribution in [3.05, 3.63) is 70.9 Å². The molecule has 1 aliphatic carbocycles. The van der Waals surface area contributed by atoms with Gasteiger partial charge >= 0.3 is 0 Å². The maximum Gasteiger partial charge on any atom is -0.00137 e. The van der Waals surface area contributed by atoms with Crippen LogP contribution in [0, 0.1) is 0 Å². The third-order valence-electron chi connectivity index (χ3n) is 3.51. The molecular weight excluding hydrogens is 252 g/mol. The van der Waals surface area contributed by atoms with Gasteiger partial charge in [0.1, 0.15) is 0 Å². The van der Waals surface area contributed by atoms with E-state index in [9.17, 15) is 0 Å². The molecule has 0 radical (unpaired) electrons. The third-order valence-corrected chi connectivity index (χ3v) is 3.51. The lowest BCUT2D eigenvalue weighted by molar-refractivity contribution is 1.17. The fourth-order valence-corrected chi connectivity index (χ4v) is 2.42. The van der Waals surface area contributed by atoms with Crippen LogP contribution in [0.15, 0.2) is 70.9 Å². The van der Waals surface area contributed by atoms with Gasteiger partial charge < -0.3 is 0 Å². The second-order valence-corrected chi connectivity index (χ2v) is 5.30. The molecule has 0 N–H and O–H groups in total. The molecular formula is C21H30. The van der Waals surface area contributed by atoms with Gasteiger partial charge in [0.05, 0.1) is 0 Å². The van der Waals surface area contributed by atoms with E-state index in [1.54, 1.807) is 0 Å². The Kier molecular flexibility index (Phi) is 8.50.